The molecule has 5 nitrogen and oxygen atoms in total. The number of aryl methyl sites for hydroxylation is 1. The normalized spacial score (nSPS) is 23.5. The number of likely N-dealkylation sites (tertiary alicyclic amines) is 1. The summed E-state index contributed by atoms with van der Waals surface area (Å²) in [4.78, 5) is 29.6. The fourth-order valence-corrected chi connectivity index (χ4v) is 5.21. The molecule has 152 valence electrons. The molecule has 1 saturated carbocycles. The zero-order valence-corrected chi connectivity index (χ0v) is 17.1. The molecule has 0 atom stereocenters. The van der Waals surface area contributed by atoms with E-state index in [-0.39, 0.29) is 24.3 Å². The number of rotatable bonds is 2. The highest BCUT2D eigenvalue weighted by atomic mass is 16.2. The molecule has 4 rings (SSSR count). The third-order valence-electron chi connectivity index (χ3n) is 6.72. The predicted molar refractivity (Wildman–Crippen MR) is 113 cm³/mol. The van der Waals surface area contributed by atoms with Gasteiger partial charge in [-0.15, -0.1) is 0 Å². The third-order valence-corrected chi connectivity index (χ3v) is 6.72. The molecule has 28 heavy (non-hydrogen) atoms. The Morgan fingerprint density at radius 1 is 0.893 bits per heavy atom. The first kappa shape index (κ1) is 19.4. The number of carbonyl (C=O) groups excluding carboxylic acids is 2. The average Bonchev–Trinajstić information content (AvgIpc) is 2.76. The van der Waals surface area contributed by atoms with Gasteiger partial charge in [-0.2, -0.15) is 0 Å². The molecule has 5 heteroatoms. The van der Waals surface area contributed by atoms with Crippen LogP contribution in [0.2, 0.25) is 0 Å². The number of amides is 2. The van der Waals surface area contributed by atoms with E-state index in [2.05, 4.69) is 10.2 Å². The van der Waals surface area contributed by atoms with Gasteiger partial charge >= 0.3 is 0 Å². The SMILES string of the molecule is Cc1ccc2c(c1)N(C1CCN(C3CCCCCCC3)CC1)C(=O)CC(=O)N2. The molecule has 0 aromatic heterocycles. The number of piperidine rings is 1. The van der Waals surface area contributed by atoms with Crippen molar-refractivity contribution in [2.75, 3.05) is 23.3 Å². The van der Waals surface area contributed by atoms with E-state index in [1.54, 1.807) is 0 Å². The summed E-state index contributed by atoms with van der Waals surface area (Å²) in [5.41, 5.74) is 2.75. The summed E-state index contributed by atoms with van der Waals surface area (Å²) in [7, 11) is 0. The second kappa shape index (κ2) is 8.64. The van der Waals surface area contributed by atoms with Crippen molar-refractivity contribution in [3.63, 3.8) is 0 Å². The molecule has 0 unspecified atom stereocenters. The van der Waals surface area contributed by atoms with Gasteiger partial charge in [0.25, 0.3) is 0 Å². The molecule has 0 bridgehead atoms. The summed E-state index contributed by atoms with van der Waals surface area (Å²) in [5, 5.41) is 2.91. The quantitative estimate of drug-likeness (QED) is 0.777. The van der Waals surface area contributed by atoms with Crippen LogP contribution in [0.5, 0.6) is 0 Å². The molecular formula is C23H33N3O2. The predicted octanol–water partition coefficient (Wildman–Crippen LogP) is 4.25. The number of nitrogens with zero attached hydrogens (tertiary/aromatic N) is 2. The fourth-order valence-electron chi connectivity index (χ4n) is 5.21. The molecule has 1 saturated heterocycles. The number of anilines is 2. The number of hydrogen-bond donors (Lipinski definition) is 1. The van der Waals surface area contributed by atoms with Crippen molar-refractivity contribution >= 4 is 23.2 Å². The first-order chi connectivity index (χ1) is 13.6. The molecule has 1 aromatic carbocycles. The van der Waals surface area contributed by atoms with Crippen molar-refractivity contribution in [2.45, 2.75) is 83.2 Å². The van der Waals surface area contributed by atoms with Gasteiger partial charge < -0.3 is 15.1 Å². The average molecular weight is 384 g/mol. The Hall–Kier alpha value is -1.88. The smallest absolute Gasteiger partial charge is 0.236 e. The minimum absolute atomic E-state index is 0.0590. The molecule has 1 aliphatic carbocycles. The monoisotopic (exact) mass is 383 g/mol. The number of nitrogens with one attached hydrogen (secondary N) is 1. The highest BCUT2D eigenvalue weighted by Crippen LogP contribution is 2.35. The molecule has 2 amide bonds. The summed E-state index contributed by atoms with van der Waals surface area (Å²) < 4.78 is 0. The fraction of sp³-hybridized carbons (Fsp3) is 0.652. The van der Waals surface area contributed by atoms with Gasteiger partial charge in [-0.1, -0.05) is 38.2 Å². The lowest BCUT2D eigenvalue weighted by Crippen LogP contribution is -2.50. The maximum Gasteiger partial charge on any atom is 0.236 e. The Balaban J connectivity index is 1.48. The summed E-state index contributed by atoms with van der Waals surface area (Å²) in [5.74, 6) is -0.268. The molecular weight excluding hydrogens is 350 g/mol. The van der Waals surface area contributed by atoms with Gasteiger partial charge in [-0.05, 0) is 50.3 Å². The van der Waals surface area contributed by atoms with E-state index in [1.165, 1.54) is 44.9 Å². The van der Waals surface area contributed by atoms with Crippen molar-refractivity contribution in [3.05, 3.63) is 23.8 Å². The summed E-state index contributed by atoms with van der Waals surface area (Å²) in [6.45, 7) is 4.15. The topological polar surface area (TPSA) is 52.7 Å². The van der Waals surface area contributed by atoms with Crippen LogP contribution in [0.4, 0.5) is 11.4 Å². The van der Waals surface area contributed by atoms with Crippen LogP contribution in [-0.4, -0.2) is 41.9 Å². The highest BCUT2D eigenvalue weighted by molar-refractivity contribution is 6.14. The van der Waals surface area contributed by atoms with Gasteiger partial charge in [0.15, 0.2) is 0 Å². The summed E-state index contributed by atoms with van der Waals surface area (Å²) in [6.07, 6.45) is 11.5. The van der Waals surface area contributed by atoms with Gasteiger partial charge in [0.05, 0.1) is 11.4 Å². The van der Waals surface area contributed by atoms with E-state index in [0.29, 0.717) is 0 Å². The van der Waals surface area contributed by atoms with Gasteiger partial charge in [0.2, 0.25) is 11.8 Å². The van der Waals surface area contributed by atoms with Crippen LogP contribution < -0.4 is 10.2 Å². The van der Waals surface area contributed by atoms with Crippen molar-refractivity contribution in [3.8, 4) is 0 Å². The Kier molecular flexibility index (Phi) is 6.00. The van der Waals surface area contributed by atoms with Crippen LogP contribution in [-0.2, 0) is 9.59 Å². The molecule has 1 N–H and O–H groups in total. The van der Waals surface area contributed by atoms with Gasteiger partial charge in [-0.25, -0.2) is 0 Å². The van der Waals surface area contributed by atoms with Crippen LogP contribution in [0.1, 0.15) is 69.8 Å². The summed E-state index contributed by atoms with van der Waals surface area (Å²) >= 11 is 0. The zero-order chi connectivity index (χ0) is 19.5. The number of fused-ring (bicyclic) bond motifs is 1. The van der Waals surface area contributed by atoms with Crippen molar-refractivity contribution in [1.82, 2.24) is 4.90 Å². The minimum atomic E-state index is -0.204. The lowest BCUT2D eigenvalue weighted by Gasteiger charge is -2.42. The molecule has 1 aromatic rings. The van der Waals surface area contributed by atoms with Gasteiger partial charge in [-0.3, -0.25) is 9.59 Å². The lowest BCUT2D eigenvalue weighted by atomic mass is 9.93. The van der Waals surface area contributed by atoms with Crippen LogP contribution in [0, 0.1) is 6.92 Å². The van der Waals surface area contributed by atoms with Crippen LogP contribution in [0.15, 0.2) is 18.2 Å². The molecule has 3 aliphatic rings. The molecule has 2 heterocycles. The van der Waals surface area contributed by atoms with Gasteiger partial charge in [0, 0.05) is 25.2 Å². The van der Waals surface area contributed by atoms with Crippen LogP contribution >= 0.6 is 0 Å². The maximum atomic E-state index is 12.9. The van der Waals surface area contributed by atoms with Crippen molar-refractivity contribution < 1.29 is 9.59 Å². The largest absolute Gasteiger partial charge is 0.324 e. The molecule has 2 aliphatic heterocycles. The van der Waals surface area contributed by atoms with Crippen LogP contribution in [0.3, 0.4) is 0 Å². The van der Waals surface area contributed by atoms with E-state index >= 15 is 0 Å². The first-order valence-electron chi connectivity index (χ1n) is 11.1. The summed E-state index contributed by atoms with van der Waals surface area (Å²) in [6, 6.07) is 6.87. The Bertz CT molecular complexity index is 717. The van der Waals surface area contributed by atoms with Crippen LogP contribution in [0.25, 0.3) is 0 Å². The first-order valence-corrected chi connectivity index (χ1v) is 11.1. The van der Waals surface area contributed by atoms with E-state index in [1.807, 2.05) is 30.0 Å². The number of benzene rings is 1. The Morgan fingerprint density at radius 2 is 1.57 bits per heavy atom. The third kappa shape index (κ3) is 4.24. The number of carbonyl (C=O) groups is 2. The number of hydrogen-bond acceptors (Lipinski definition) is 3. The standard InChI is InChI=1S/C23H33N3O2/c1-17-9-10-20-21(15-17)26(23(28)16-22(27)24-20)19-11-13-25(14-12-19)18-7-5-3-2-4-6-8-18/h9-10,15,18-19H,2-8,11-14,16H2,1H3,(H,24,27). The van der Waals surface area contributed by atoms with Crippen molar-refractivity contribution in [2.24, 2.45) is 0 Å². The highest BCUT2D eigenvalue weighted by Gasteiger charge is 2.35. The zero-order valence-electron chi connectivity index (χ0n) is 17.1. The van der Waals surface area contributed by atoms with E-state index in [0.717, 1.165) is 48.9 Å². The van der Waals surface area contributed by atoms with E-state index in [9.17, 15) is 9.59 Å². The minimum Gasteiger partial charge on any atom is -0.324 e. The lowest BCUT2D eigenvalue weighted by molar-refractivity contribution is -0.125. The Morgan fingerprint density at radius 3 is 2.29 bits per heavy atom. The second-order valence-corrected chi connectivity index (χ2v) is 8.78. The van der Waals surface area contributed by atoms with Gasteiger partial charge in [0.1, 0.15) is 6.42 Å². The molecule has 0 spiro atoms. The maximum absolute atomic E-state index is 12.9. The van der Waals surface area contributed by atoms with E-state index < -0.39 is 0 Å². The molecule has 2 fully saturated rings. The van der Waals surface area contributed by atoms with Crippen molar-refractivity contribution in [1.29, 1.82) is 0 Å². The Labute approximate surface area is 168 Å². The second-order valence-electron chi connectivity index (χ2n) is 8.78. The molecule has 0 radical (unpaired) electrons. The van der Waals surface area contributed by atoms with E-state index in [4.69, 9.17) is 0 Å².